The Kier molecular flexibility index (Phi) is 7.43. The fraction of sp³-hybridized carbons (Fsp3) is 0.519. The number of nitrogens with zero attached hydrogens (tertiary/aromatic N) is 4. The minimum atomic E-state index is -4.76. The van der Waals surface area contributed by atoms with Crippen LogP contribution in [0, 0.1) is 0 Å². The van der Waals surface area contributed by atoms with Crippen molar-refractivity contribution in [1.29, 1.82) is 0 Å². The van der Waals surface area contributed by atoms with Crippen LogP contribution in [0.4, 0.5) is 27.9 Å². The van der Waals surface area contributed by atoms with Gasteiger partial charge in [-0.15, -0.1) is 0 Å². The molecule has 222 valence electrons. The van der Waals surface area contributed by atoms with Crippen molar-refractivity contribution in [2.24, 2.45) is 0 Å². The number of carbonyl (C=O) groups is 1. The van der Waals surface area contributed by atoms with Crippen LogP contribution >= 0.6 is 7.14 Å². The average Bonchev–Trinajstić information content (AvgIpc) is 3.51. The molecule has 2 aromatic heterocycles. The molecular formula is C27H32F5N6O2P. The van der Waals surface area contributed by atoms with E-state index < -0.39 is 43.7 Å². The van der Waals surface area contributed by atoms with Gasteiger partial charge in [-0.3, -0.25) is 4.79 Å². The number of alkyl halides is 5. The van der Waals surface area contributed by atoms with Gasteiger partial charge in [0.1, 0.15) is 12.7 Å². The van der Waals surface area contributed by atoms with Crippen LogP contribution in [0.2, 0.25) is 0 Å². The molecule has 41 heavy (non-hydrogen) atoms. The number of aromatic nitrogens is 3. The number of aromatic amines is 1. The molecule has 4 heterocycles. The lowest BCUT2D eigenvalue weighted by Crippen LogP contribution is -2.42. The molecule has 1 aromatic carbocycles. The Morgan fingerprint density at radius 2 is 1.85 bits per heavy atom. The number of benzene rings is 1. The zero-order valence-electron chi connectivity index (χ0n) is 23.1. The smallest absolute Gasteiger partial charge is 0.360 e. The van der Waals surface area contributed by atoms with Crippen LogP contribution in [0.3, 0.4) is 0 Å². The number of carbonyl (C=O) groups excluding carboxylic acids is 1. The highest BCUT2D eigenvalue weighted by Gasteiger charge is 2.39. The maximum absolute atomic E-state index is 15.1. The van der Waals surface area contributed by atoms with Crippen LogP contribution < -0.4 is 10.6 Å². The molecule has 1 aliphatic carbocycles. The van der Waals surface area contributed by atoms with Crippen molar-refractivity contribution >= 4 is 35.2 Å². The van der Waals surface area contributed by atoms with Gasteiger partial charge < -0.3 is 24.7 Å². The molecule has 8 bridgehead atoms. The average molecular weight is 599 g/mol. The number of amides is 1. The third-order valence-corrected chi connectivity index (χ3v) is 9.50. The maximum atomic E-state index is 15.1. The van der Waals surface area contributed by atoms with Crippen molar-refractivity contribution in [3.05, 3.63) is 35.7 Å². The number of fused-ring (bicyclic) bond motifs is 7. The molecule has 3 aliphatic rings. The van der Waals surface area contributed by atoms with Crippen LogP contribution in [-0.4, -0.2) is 89.2 Å². The van der Waals surface area contributed by atoms with E-state index in [1.165, 1.54) is 38.7 Å². The SMILES string of the molecule is CN1CC(F)(F)CCN(C)[C@H]2CC[C@@H](C2)Nc2ncc(C(F)(F)F)c(n2)-c2c[nH]c3c(P(C)(C)=O)c(ccc23)C1=O. The maximum Gasteiger partial charge on any atom is 0.419 e. The fourth-order valence-corrected chi connectivity index (χ4v) is 7.35. The predicted octanol–water partition coefficient (Wildman–Crippen LogP) is 5.27. The molecule has 1 amide bonds. The van der Waals surface area contributed by atoms with E-state index in [9.17, 15) is 22.5 Å². The number of nitrogens with one attached hydrogen (secondary N) is 2. The van der Waals surface area contributed by atoms with Crippen LogP contribution in [0.25, 0.3) is 22.2 Å². The quantitative estimate of drug-likeness (QED) is 0.293. The topological polar surface area (TPSA) is 94.2 Å². The molecular weight excluding hydrogens is 566 g/mol. The fourth-order valence-electron chi connectivity index (χ4n) is 5.87. The van der Waals surface area contributed by atoms with Crippen molar-refractivity contribution in [3.8, 4) is 11.3 Å². The molecule has 0 spiro atoms. The summed E-state index contributed by atoms with van der Waals surface area (Å²) < 4.78 is 85.9. The third-order valence-electron chi connectivity index (χ3n) is 7.95. The van der Waals surface area contributed by atoms with E-state index in [1.54, 1.807) is 7.05 Å². The monoisotopic (exact) mass is 598 g/mol. The minimum absolute atomic E-state index is 0.0101. The molecule has 14 heteroatoms. The normalized spacial score (nSPS) is 22.6. The number of hydrogen-bond acceptors (Lipinski definition) is 6. The number of halogens is 5. The Morgan fingerprint density at radius 1 is 1.12 bits per heavy atom. The lowest BCUT2D eigenvalue weighted by Gasteiger charge is -2.29. The van der Waals surface area contributed by atoms with Gasteiger partial charge >= 0.3 is 6.18 Å². The highest BCUT2D eigenvalue weighted by molar-refractivity contribution is 7.70. The Hall–Kier alpha value is -3.05. The van der Waals surface area contributed by atoms with E-state index in [2.05, 4.69) is 20.3 Å². The molecule has 2 atom stereocenters. The summed E-state index contributed by atoms with van der Waals surface area (Å²) in [5.41, 5.74) is -1.17. The summed E-state index contributed by atoms with van der Waals surface area (Å²) in [5, 5.41) is 3.48. The Bertz CT molecular complexity index is 1530. The van der Waals surface area contributed by atoms with Crippen LogP contribution in [0.15, 0.2) is 24.5 Å². The highest BCUT2D eigenvalue weighted by Crippen LogP contribution is 2.43. The third kappa shape index (κ3) is 5.83. The molecule has 0 radical (unpaired) electrons. The zero-order valence-corrected chi connectivity index (χ0v) is 24.0. The van der Waals surface area contributed by atoms with Crippen molar-refractivity contribution in [2.45, 2.75) is 49.9 Å². The van der Waals surface area contributed by atoms with E-state index in [4.69, 9.17) is 0 Å². The summed E-state index contributed by atoms with van der Waals surface area (Å²) in [5.74, 6) is -3.91. The van der Waals surface area contributed by atoms with Crippen LogP contribution in [0.5, 0.6) is 0 Å². The number of rotatable bonds is 1. The standard InChI is InChI=1S/C27H32F5N6O2P/c1-37-10-9-26(28,29)14-38(2)24(39)18-8-7-17-19(12-33-22(17)23(18)41(3,4)40)21-20(27(30,31)32)13-34-25(36-21)35-15-5-6-16(37)11-15/h7-8,12-13,15-16,33H,5-6,9-11,14H2,1-4H3,(H,34,35,36)/t15-,16-/m0/s1. The number of anilines is 1. The molecule has 1 fully saturated rings. The van der Waals surface area contributed by atoms with Crippen LogP contribution in [-0.2, 0) is 10.7 Å². The van der Waals surface area contributed by atoms with Gasteiger partial charge in [0, 0.05) is 60.7 Å². The first-order chi connectivity index (χ1) is 19.0. The van der Waals surface area contributed by atoms with Gasteiger partial charge in [-0.2, -0.15) is 13.2 Å². The van der Waals surface area contributed by atoms with E-state index in [0.29, 0.717) is 19.3 Å². The van der Waals surface area contributed by atoms with Crippen molar-refractivity contribution in [3.63, 3.8) is 0 Å². The van der Waals surface area contributed by atoms with Gasteiger partial charge in [0.25, 0.3) is 11.8 Å². The first-order valence-electron chi connectivity index (χ1n) is 13.3. The second-order valence-electron chi connectivity index (χ2n) is 11.4. The molecule has 6 rings (SSSR count). The molecule has 1 saturated carbocycles. The van der Waals surface area contributed by atoms with E-state index >= 15 is 8.78 Å². The minimum Gasteiger partial charge on any atom is -0.360 e. The van der Waals surface area contributed by atoms with Gasteiger partial charge in [0.05, 0.1) is 23.3 Å². The van der Waals surface area contributed by atoms with E-state index in [0.717, 1.165) is 11.1 Å². The molecule has 8 nitrogen and oxygen atoms in total. The largest absolute Gasteiger partial charge is 0.419 e. The van der Waals surface area contributed by atoms with Crippen LogP contribution in [0.1, 0.15) is 41.6 Å². The molecule has 2 aliphatic heterocycles. The Labute approximate surface area is 234 Å². The summed E-state index contributed by atoms with van der Waals surface area (Å²) in [4.78, 5) is 27.4. The number of hydrogen-bond donors (Lipinski definition) is 2. The summed E-state index contributed by atoms with van der Waals surface area (Å²) in [7, 11) is -0.230. The predicted molar refractivity (Wildman–Crippen MR) is 148 cm³/mol. The second kappa shape index (κ2) is 10.3. The number of H-pyrrole nitrogens is 1. The molecule has 0 saturated heterocycles. The van der Waals surface area contributed by atoms with E-state index in [-0.39, 0.29) is 57.6 Å². The summed E-state index contributed by atoms with van der Waals surface area (Å²) in [6, 6.07) is 2.60. The zero-order chi connectivity index (χ0) is 29.9. The lowest BCUT2D eigenvalue weighted by atomic mass is 10.0. The highest BCUT2D eigenvalue weighted by atomic mass is 31.2. The van der Waals surface area contributed by atoms with Crippen molar-refractivity contribution < 1.29 is 31.3 Å². The Morgan fingerprint density at radius 3 is 2.54 bits per heavy atom. The summed E-state index contributed by atoms with van der Waals surface area (Å²) in [6.45, 7) is 2.09. The van der Waals surface area contributed by atoms with Gasteiger partial charge in [0.15, 0.2) is 0 Å². The molecule has 2 N–H and O–H groups in total. The first-order valence-corrected chi connectivity index (χ1v) is 15.9. The lowest BCUT2D eigenvalue weighted by molar-refractivity contribution is -0.137. The summed E-state index contributed by atoms with van der Waals surface area (Å²) >= 11 is 0. The molecule has 0 unspecified atom stereocenters. The first kappa shape index (κ1) is 29.4. The van der Waals surface area contributed by atoms with Crippen molar-refractivity contribution in [2.75, 3.05) is 45.8 Å². The summed E-state index contributed by atoms with van der Waals surface area (Å²) in [6.07, 6.45) is -1.18. The second-order valence-corrected chi connectivity index (χ2v) is 14.6. The van der Waals surface area contributed by atoms with Crippen molar-refractivity contribution in [1.82, 2.24) is 24.8 Å². The van der Waals surface area contributed by atoms with Gasteiger partial charge in [-0.25, -0.2) is 18.7 Å². The van der Waals surface area contributed by atoms with E-state index in [1.807, 2.05) is 4.90 Å². The van der Waals surface area contributed by atoms with Gasteiger partial charge in [-0.05, 0) is 45.7 Å². The van der Waals surface area contributed by atoms with Gasteiger partial charge in [0.2, 0.25) is 5.95 Å². The Balaban J connectivity index is 1.71. The van der Waals surface area contributed by atoms with Gasteiger partial charge in [-0.1, -0.05) is 6.07 Å². The molecule has 3 aromatic rings.